The highest BCUT2D eigenvalue weighted by Gasteiger charge is 2.17. The van der Waals surface area contributed by atoms with Gasteiger partial charge in [-0.25, -0.2) is 4.79 Å². The molecule has 1 N–H and O–H groups in total. The predicted molar refractivity (Wildman–Crippen MR) is 58.4 cm³/mol. The lowest BCUT2D eigenvalue weighted by Gasteiger charge is -2.06. The maximum absolute atomic E-state index is 11.6. The van der Waals surface area contributed by atoms with Crippen molar-refractivity contribution in [2.75, 3.05) is 13.7 Å². The first-order chi connectivity index (χ1) is 8.13. The van der Waals surface area contributed by atoms with Gasteiger partial charge in [-0.1, -0.05) is 0 Å². The summed E-state index contributed by atoms with van der Waals surface area (Å²) in [6.45, 7) is 1.97. The Hall–Kier alpha value is -2.13. The van der Waals surface area contributed by atoms with E-state index in [1.54, 1.807) is 13.0 Å². The molecule has 0 bridgehead atoms. The third-order valence-corrected chi connectivity index (χ3v) is 2.00. The second-order valence-corrected chi connectivity index (χ2v) is 3.18. The van der Waals surface area contributed by atoms with Crippen molar-refractivity contribution in [1.29, 1.82) is 5.26 Å². The summed E-state index contributed by atoms with van der Waals surface area (Å²) < 4.78 is 9.62. The zero-order valence-electron chi connectivity index (χ0n) is 9.57. The van der Waals surface area contributed by atoms with Crippen LogP contribution in [0.1, 0.15) is 28.5 Å². The van der Waals surface area contributed by atoms with E-state index in [-0.39, 0.29) is 24.3 Å². The van der Waals surface area contributed by atoms with Crippen LogP contribution >= 0.6 is 0 Å². The summed E-state index contributed by atoms with van der Waals surface area (Å²) in [5.41, 5.74) is -0.488. The van der Waals surface area contributed by atoms with Crippen molar-refractivity contribution in [2.45, 2.75) is 13.5 Å². The molecule has 17 heavy (non-hydrogen) atoms. The molecule has 0 amide bonds. The molecule has 1 rings (SSSR count). The average molecular weight is 236 g/mol. The van der Waals surface area contributed by atoms with Crippen LogP contribution in [0.3, 0.4) is 0 Å². The van der Waals surface area contributed by atoms with E-state index in [2.05, 4.69) is 4.98 Å². The van der Waals surface area contributed by atoms with Gasteiger partial charge < -0.3 is 14.5 Å². The molecular formula is C11H12N2O4. The Morgan fingerprint density at radius 2 is 2.29 bits per heavy atom. The molecule has 0 saturated heterocycles. The fourth-order valence-corrected chi connectivity index (χ4v) is 1.33. The number of pyridine rings is 1. The van der Waals surface area contributed by atoms with Crippen molar-refractivity contribution in [3.8, 4) is 6.07 Å². The monoisotopic (exact) mass is 236 g/mol. The van der Waals surface area contributed by atoms with E-state index in [1.165, 1.54) is 13.2 Å². The van der Waals surface area contributed by atoms with Crippen molar-refractivity contribution < 1.29 is 14.3 Å². The molecular weight excluding hydrogens is 224 g/mol. The van der Waals surface area contributed by atoms with Crippen LogP contribution in [0, 0.1) is 11.3 Å². The fourth-order valence-electron chi connectivity index (χ4n) is 1.33. The minimum Gasteiger partial charge on any atom is -0.462 e. The lowest BCUT2D eigenvalue weighted by atomic mass is 10.1. The fraction of sp³-hybridized carbons (Fsp3) is 0.364. The van der Waals surface area contributed by atoms with Gasteiger partial charge in [0.25, 0.3) is 5.56 Å². The van der Waals surface area contributed by atoms with Crippen LogP contribution in [0.2, 0.25) is 0 Å². The van der Waals surface area contributed by atoms with Crippen LogP contribution in [-0.4, -0.2) is 24.7 Å². The molecule has 6 heteroatoms. The van der Waals surface area contributed by atoms with E-state index in [0.717, 1.165) is 0 Å². The van der Waals surface area contributed by atoms with Crippen LogP contribution in [0.4, 0.5) is 0 Å². The smallest absolute Gasteiger partial charge is 0.339 e. The van der Waals surface area contributed by atoms with Gasteiger partial charge in [0.05, 0.1) is 18.8 Å². The highest BCUT2D eigenvalue weighted by atomic mass is 16.5. The van der Waals surface area contributed by atoms with Gasteiger partial charge in [-0.3, -0.25) is 4.79 Å². The molecule has 0 spiro atoms. The summed E-state index contributed by atoms with van der Waals surface area (Å²) in [6, 6.07) is 3.08. The number of hydrogen-bond acceptors (Lipinski definition) is 5. The Labute approximate surface area is 97.8 Å². The first-order valence-electron chi connectivity index (χ1n) is 4.96. The van der Waals surface area contributed by atoms with E-state index in [0.29, 0.717) is 5.69 Å². The van der Waals surface area contributed by atoms with Crippen molar-refractivity contribution in [3.63, 3.8) is 0 Å². The zero-order valence-corrected chi connectivity index (χ0v) is 9.57. The van der Waals surface area contributed by atoms with Crippen LogP contribution in [0.5, 0.6) is 0 Å². The van der Waals surface area contributed by atoms with Gasteiger partial charge in [-0.15, -0.1) is 0 Å². The summed E-state index contributed by atoms with van der Waals surface area (Å²) in [6.07, 6.45) is 0. The van der Waals surface area contributed by atoms with E-state index < -0.39 is 11.5 Å². The Morgan fingerprint density at radius 3 is 2.82 bits per heavy atom. The number of carbonyl (C=O) groups excluding carboxylic acids is 1. The minimum atomic E-state index is -0.687. The second-order valence-electron chi connectivity index (χ2n) is 3.18. The van der Waals surface area contributed by atoms with Crippen LogP contribution in [0.15, 0.2) is 10.9 Å². The molecule has 90 valence electrons. The number of ether oxygens (including phenoxy) is 2. The molecule has 0 atom stereocenters. The van der Waals surface area contributed by atoms with E-state index >= 15 is 0 Å². The van der Waals surface area contributed by atoms with Gasteiger partial charge in [0, 0.05) is 12.8 Å². The van der Waals surface area contributed by atoms with E-state index in [9.17, 15) is 9.59 Å². The van der Waals surface area contributed by atoms with Crippen molar-refractivity contribution in [1.82, 2.24) is 4.98 Å². The number of aromatic amines is 1. The van der Waals surface area contributed by atoms with Crippen molar-refractivity contribution in [2.24, 2.45) is 0 Å². The third-order valence-electron chi connectivity index (χ3n) is 2.00. The zero-order chi connectivity index (χ0) is 12.8. The number of nitrogens with one attached hydrogen (secondary N) is 1. The van der Waals surface area contributed by atoms with Crippen molar-refractivity contribution >= 4 is 5.97 Å². The van der Waals surface area contributed by atoms with Gasteiger partial charge in [0.1, 0.15) is 11.6 Å². The molecule has 1 aromatic heterocycles. The molecule has 0 saturated carbocycles. The molecule has 0 aliphatic rings. The molecule has 0 aromatic carbocycles. The Bertz CT molecular complexity index is 513. The largest absolute Gasteiger partial charge is 0.462 e. The van der Waals surface area contributed by atoms with E-state index in [4.69, 9.17) is 14.7 Å². The molecule has 0 unspecified atom stereocenters. The molecule has 0 aliphatic heterocycles. The number of nitrogens with zero attached hydrogens (tertiary/aromatic N) is 1. The third kappa shape index (κ3) is 2.92. The summed E-state index contributed by atoms with van der Waals surface area (Å²) >= 11 is 0. The van der Waals surface area contributed by atoms with Crippen LogP contribution in [-0.2, 0) is 16.1 Å². The Morgan fingerprint density at radius 1 is 1.59 bits per heavy atom. The minimum absolute atomic E-state index is 0.0369. The standard InChI is InChI=1S/C11H12N2O4/c1-3-17-11(15)8-4-7(6-16-2)13-10(14)9(8)5-12/h4H,3,6H2,1-2H3,(H,13,14). The van der Waals surface area contributed by atoms with Gasteiger partial charge in [0.2, 0.25) is 0 Å². The highest BCUT2D eigenvalue weighted by Crippen LogP contribution is 2.07. The second kappa shape index (κ2) is 5.82. The van der Waals surface area contributed by atoms with Crippen LogP contribution in [0.25, 0.3) is 0 Å². The number of methoxy groups -OCH3 is 1. The van der Waals surface area contributed by atoms with Crippen LogP contribution < -0.4 is 5.56 Å². The maximum Gasteiger partial charge on any atom is 0.339 e. The average Bonchev–Trinajstić information content (AvgIpc) is 2.29. The number of H-pyrrole nitrogens is 1. The maximum atomic E-state index is 11.6. The molecule has 1 heterocycles. The Balaban J connectivity index is 3.30. The SMILES string of the molecule is CCOC(=O)c1cc(COC)[nH]c(=O)c1C#N. The predicted octanol–water partition coefficient (Wildman–Crippen LogP) is 0.570. The number of esters is 1. The number of rotatable bonds is 4. The lowest BCUT2D eigenvalue weighted by molar-refractivity contribution is 0.0525. The normalized spacial score (nSPS) is 9.71. The summed E-state index contributed by atoms with van der Waals surface area (Å²) in [5, 5.41) is 8.83. The highest BCUT2D eigenvalue weighted by molar-refractivity contribution is 5.92. The molecule has 0 fully saturated rings. The van der Waals surface area contributed by atoms with Crippen molar-refractivity contribution in [3.05, 3.63) is 33.2 Å². The van der Waals surface area contributed by atoms with Gasteiger partial charge in [-0.2, -0.15) is 5.26 Å². The lowest BCUT2D eigenvalue weighted by Crippen LogP contribution is -2.20. The molecule has 0 radical (unpaired) electrons. The quantitative estimate of drug-likeness (QED) is 0.771. The molecule has 1 aromatic rings. The number of hydrogen-bond donors (Lipinski definition) is 1. The topological polar surface area (TPSA) is 92.2 Å². The Kier molecular flexibility index (Phi) is 4.43. The first-order valence-corrected chi connectivity index (χ1v) is 4.96. The molecule has 6 nitrogen and oxygen atoms in total. The first kappa shape index (κ1) is 12.9. The number of nitriles is 1. The number of carbonyl (C=O) groups is 1. The summed E-state index contributed by atoms with van der Waals surface area (Å²) in [5.74, 6) is -0.687. The van der Waals surface area contributed by atoms with E-state index in [1.807, 2.05) is 0 Å². The molecule has 0 aliphatic carbocycles. The van der Waals surface area contributed by atoms with Gasteiger partial charge in [-0.05, 0) is 13.0 Å². The van der Waals surface area contributed by atoms with Gasteiger partial charge in [0.15, 0.2) is 0 Å². The summed E-state index contributed by atoms with van der Waals surface area (Å²) in [7, 11) is 1.46. The summed E-state index contributed by atoms with van der Waals surface area (Å²) in [4.78, 5) is 25.6. The van der Waals surface area contributed by atoms with Gasteiger partial charge >= 0.3 is 5.97 Å². The number of aromatic nitrogens is 1.